The van der Waals surface area contributed by atoms with Crippen LogP contribution >= 0.6 is 0 Å². The van der Waals surface area contributed by atoms with Crippen LogP contribution in [-0.4, -0.2) is 17.8 Å². The molecule has 0 heterocycles. The zero-order chi connectivity index (χ0) is 11.5. The van der Waals surface area contributed by atoms with E-state index in [9.17, 15) is 5.11 Å². The third kappa shape index (κ3) is 2.99. The number of rotatable bonds is 5. The van der Waals surface area contributed by atoms with Gasteiger partial charge < -0.3 is 9.84 Å². The van der Waals surface area contributed by atoms with Crippen LogP contribution in [-0.2, 0) is 0 Å². The summed E-state index contributed by atoms with van der Waals surface area (Å²) in [5.41, 5.74) is 1.31. The number of benzene rings is 1. The first kappa shape index (κ1) is 11.5. The lowest BCUT2D eigenvalue weighted by Gasteiger charge is -2.12. The lowest BCUT2D eigenvalue weighted by molar-refractivity contribution is 0.0894. The van der Waals surface area contributed by atoms with E-state index >= 15 is 0 Å². The van der Waals surface area contributed by atoms with Gasteiger partial charge in [0.2, 0.25) is 0 Å². The second-order valence-electron chi connectivity index (χ2n) is 4.94. The minimum absolute atomic E-state index is 0.287. The van der Waals surface area contributed by atoms with Crippen LogP contribution in [0.4, 0.5) is 0 Å². The number of ether oxygens (including phenoxy) is 1. The molecule has 16 heavy (non-hydrogen) atoms. The van der Waals surface area contributed by atoms with Gasteiger partial charge in [-0.15, -0.1) is 0 Å². The topological polar surface area (TPSA) is 29.5 Å². The molecule has 2 heteroatoms. The van der Waals surface area contributed by atoms with Crippen molar-refractivity contribution in [3.8, 4) is 5.75 Å². The van der Waals surface area contributed by atoms with Crippen LogP contribution in [0.15, 0.2) is 24.3 Å². The van der Waals surface area contributed by atoms with E-state index in [-0.39, 0.29) is 6.10 Å². The summed E-state index contributed by atoms with van der Waals surface area (Å²) in [6.07, 6.45) is 2.01. The molecule has 0 aromatic heterocycles. The summed E-state index contributed by atoms with van der Waals surface area (Å²) in [6.45, 7) is 4.77. The highest BCUT2D eigenvalue weighted by atomic mass is 16.5. The van der Waals surface area contributed by atoms with E-state index in [2.05, 4.69) is 26.0 Å². The van der Waals surface area contributed by atoms with Crippen LogP contribution in [0.1, 0.15) is 38.2 Å². The molecule has 0 saturated heterocycles. The molecule has 1 N–H and O–H groups in total. The minimum Gasteiger partial charge on any atom is -0.491 e. The lowest BCUT2D eigenvalue weighted by atomic mass is 10.0. The molecule has 1 saturated carbocycles. The van der Waals surface area contributed by atoms with E-state index in [1.807, 2.05) is 12.1 Å². The molecule has 0 radical (unpaired) electrons. The Labute approximate surface area is 97.3 Å². The van der Waals surface area contributed by atoms with E-state index in [0.29, 0.717) is 18.4 Å². The fraction of sp³-hybridized carbons (Fsp3) is 0.571. The third-order valence-electron chi connectivity index (χ3n) is 3.13. The zero-order valence-corrected chi connectivity index (χ0v) is 10.0. The number of aliphatic hydroxyl groups is 1. The van der Waals surface area contributed by atoms with E-state index in [0.717, 1.165) is 18.6 Å². The van der Waals surface area contributed by atoms with Crippen molar-refractivity contribution in [2.75, 3.05) is 6.61 Å². The van der Waals surface area contributed by atoms with Crippen molar-refractivity contribution >= 4 is 0 Å². The summed E-state index contributed by atoms with van der Waals surface area (Å²) >= 11 is 0. The van der Waals surface area contributed by atoms with Crippen LogP contribution in [0.2, 0.25) is 0 Å². The van der Waals surface area contributed by atoms with Crippen LogP contribution < -0.4 is 4.74 Å². The minimum atomic E-state index is -0.287. The Balaban J connectivity index is 1.84. The second-order valence-corrected chi connectivity index (χ2v) is 4.94. The van der Waals surface area contributed by atoms with Gasteiger partial charge in [0.05, 0.1) is 6.10 Å². The summed E-state index contributed by atoms with van der Waals surface area (Å²) in [4.78, 5) is 0. The molecule has 1 fully saturated rings. The van der Waals surface area contributed by atoms with Crippen molar-refractivity contribution in [3.63, 3.8) is 0 Å². The quantitative estimate of drug-likeness (QED) is 0.826. The van der Waals surface area contributed by atoms with E-state index in [1.54, 1.807) is 0 Å². The highest BCUT2D eigenvalue weighted by Crippen LogP contribution is 2.32. The average Bonchev–Trinajstić information content (AvgIpc) is 3.10. The highest BCUT2D eigenvalue weighted by molar-refractivity contribution is 5.28. The predicted molar refractivity (Wildman–Crippen MR) is 64.8 cm³/mol. The summed E-state index contributed by atoms with van der Waals surface area (Å²) in [7, 11) is 0. The summed E-state index contributed by atoms with van der Waals surface area (Å²) < 4.78 is 5.55. The van der Waals surface area contributed by atoms with Gasteiger partial charge in [-0.25, -0.2) is 0 Å². The van der Waals surface area contributed by atoms with Gasteiger partial charge in [-0.1, -0.05) is 26.0 Å². The standard InChI is InChI=1S/C14H20O2/c1-10(2)11-5-7-13(8-6-11)16-9-14(15)12-3-4-12/h5-8,10,12,14-15H,3-4,9H2,1-2H3. The van der Waals surface area contributed by atoms with Crippen molar-refractivity contribution in [2.24, 2.45) is 5.92 Å². The Morgan fingerprint density at radius 2 is 1.88 bits per heavy atom. The molecule has 0 spiro atoms. The Bertz CT molecular complexity index is 325. The summed E-state index contributed by atoms with van der Waals surface area (Å²) in [5.74, 6) is 1.88. The Hall–Kier alpha value is -1.02. The van der Waals surface area contributed by atoms with E-state index in [4.69, 9.17) is 4.74 Å². The second kappa shape index (κ2) is 4.88. The van der Waals surface area contributed by atoms with Gasteiger partial charge in [0.25, 0.3) is 0 Å². The van der Waals surface area contributed by atoms with E-state index in [1.165, 1.54) is 5.56 Å². The van der Waals surface area contributed by atoms with Gasteiger partial charge in [-0.05, 0) is 42.4 Å². The van der Waals surface area contributed by atoms with Crippen LogP contribution in [0.3, 0.4) is 0 Å². The molecule has 88 valence electrons. The Kier molecular flexibility index (Phi) is 3.49. The molecule has 1 aromatic rings. The fourth-order valence-corrected chi connectivity index (χ4v) is 1.75. The largest absolute Gasteiger partial charge is 0.491 e. The molecule has 1 atom stereocenters. The van der Waals surface area contributed by atoms with Crippen molar-refractivity contribution in [1.82, 2.24) is 0 Å². The predicted octanol–water partition coefficient (Wildman–Crippen LogP) is 2.96. The molecular formula is C14H20O2. The number of hydrogen-bond donors (Lipinski definition) is 1. The first-order chi connectivity index (χ1) is 7.66. The first-order valence-corrected chi connectivity index (χ1v) is 6.07. The SMILES string of the molecule is CC(C)c1ccc(OCC(O)C2CC2)cc1. The molecule has 1 aromatic carbocycles. The molecule has 0 bridgehead atoms. The molecule has 1 unspecified atom stereocenters. The lowest BCUT2D eigenvalue weighted by Crippen LogP contribution is -2.19. The monoisotopic (exact) mass is 220 g/mol. The number of aliphatic hydroxyl groups excluding tert-OH is 1. The molecule has 1 aliphatic carbocycles. The van der Waals surface area contributed by atoms with Gasteiger partial charge in [0.15, 0.2) is 0 Å². The molecule has 1 aliphatic rings. The maximum atomic E-state index is 9.67. The molecule has 0 aliphatic heterocycles. The van der Waals surface area contributed by atoms with Crippen molar-refractivity contribution in [3.05, 3.63) is 29.8 Å². The first-order valence-electron chi connectivity index (χ1n) is 6.07. The van der Waals surface area contributed by atoms with Crippen LogP contribution in [0, 0.1) is 5.92 Å². The maximum Gasteiger partial charge on any atom is 0.119 e. The van der Waals surface area contributed by atoms with Crippen molar-refractivity contribution in [2.45, 2.75) is 38.7 Å². The smallest absolute Gasteiger partial charge is 0.119 e. The maximum absolute atomic E-state index is 9.67. The molecule has 0 amide bonds. The van der Waals surface area contributed by atoms with E-state index < -0.39 is 0 Å². The van der Waals surface area contributed by atoms with Crippen LogP contribution in [0.5, 0.6) is 5.75 Å². The fourth-order valence-electron chi connectivity index (χ4n) is 1.75. The van der Waals surface area contributed by atoms with Gasteiger partial charge in [-0.2, -0.15) is 0 Å². The van der Waals surface area contributed by atoms with Gasteiger partial charge in [0, 0.05) is 0 Å². The summed E-state index contributed by atoms with van der Waals surface area (Å²) in [6, 6.07) is 8.14. The van der Waals surface area contributed by atoms with Crippen LogP contribution in [0.25, 0.3) is 0 Å². The van der Waals surface area contributed by atoms with Crippen molar-refractivity contribution in [1.29, 1.82) is 0 Å². The molecular weight excluding hydrogens is 200 g/mol. The highest BCUT2D eigenvalue weighted by Gasteiger charge is 2.29. The van der Waals surface area contributed by atoms with Gasteiger partial charge in [0.1, 0.15) is 12.4 Å². The third-order valence-corrected chi connectivity index (χ3v) is 3.13. The van der Waals surface area contributed by atoms with Gasteiger partial charge in [-0.3, -0.25) is 0 Å². The van der Waals surface area contributed by atoms with Gasteiger partial charge >= 0.3 is 0 Å². The zero-order valence-electron chi connectivity index (χ0n) is 10.0. The normalized spacial score (nSPS) is 17.5. The summed E-state index contributed by atoms with van der Waals surface area (Å²) in [5, 5.41) is 9.67. The number of hydrogen-bond acceptors (Lipinski definition) is 2. The Morgan fingerprint density at radius 3 is 2.38 bits per heavy atom. The average molecular weight is 220 g/mol. The molecule has 2 rings (SSSR count). The molecule has 2 nitrogen and oxygen atoms in total. The van der Waals surface area contributed by atoms with Crippen molar-refractivity contribution < 1.29 is 9.84 Å². The Morgan fingerprint density at radius 1 is 1.25 bits per heavy atom.